The zero-order valence-corrected chi connectivity index (χ0v) is 13.3. The van der Waals surface area contributed by atoms with Gasteiger partial charge in [0.05, 0.1) is 11.4 Å². The molecule has 116 valence electrons. The SMILES string of the molecule is CC/C=C(\c1ccc2cccc(O)c2n1)n1ccccc1=NC. The summed E-state index contributed by atoms with van der Waals surface area (Å²) in [5.74, 6) is 0.193. The highest BCUT2D eigenvalue weighted by Crippen LogP contribution is 2.25. The second kappa shape index (κ2) is 6.48. The minimum absolute atomic E-state index is 0.193. The molecular weight excluding hydrogens is 286 g/mol. The molecule has 0 spiro atoms. The number of aromatic nitrogens is 2. The highest BCUT2D eigenvalue weighted by atomic mass is 16.3. The molecule has 2 aromatic heterocycles. The lowest BCUT2D eigenvalue weighted by Crippen LogP contribution is -2.19. The highest BCUT2D eigenvalue weighted by molar-refractivity contribution is 5.85. The molecule has 3 rings (SSSR count). The molecule has 0 aliphatic rings. The quantitative estimate of drug-likeness (QED) is 0.804. The van der Waals surface area contributed by atoms with E-state index in [1.54, 1.807) is 13.1 Å². The third-order valence-electron chi connectivity index (χ3n) is 3.69. The number of phenols is 1. The van der Waals surface area contributed by atoms with E-state index < -0.39 is 0 Å². The maximum atomic E-state index is 10.1. The molecule has 23 heavy (non-hydrogen) atoms. The van der Waals surface area contributed by atoms with E-state index in [0.29, 0.717) is 5.52 Å². The molecule has 1 N–H and O–H groups in total. The summed E-state index contributed by atoms with van der Waals surface area (Å²) in [6.07, 6.45) is 4.96. The summed E-state index contributed by atoms with van der Waals surface area (Å²) in [6.45, 7) is 2.09. The van der Waals surface area contributed by atoms with Gasteiger partial charge < -0.3 is 9.67 Å². The van der Waals surface area contributed by atoms with Crippen molar-refractivity contribution in [2.24, 2.45) is 4.99 Å². The number of hydrogen-bond acceptors (Lipinski definition) is 3. The van der Waals surface area contributed by atoms with Crippen LogP contribution in [0, 0.1) is 0 Å². The number of aromatic hydroxyl groups is 1. The van der Waals surface area contributed by atoms with E-state index in [4.69, 9.17) is 0 Å². The Labute approximate surface area is 135 Å². The van der Waals surface area contributed by atoms with Crippen LogP contribution in [0.5, 0.6) is 5.75 Å². The van der Waals surface area contributed by atoms with Crippen molar-refractivity contribution >= 4 is 16.6 Å². The Balaban J connectivity index is 2.24. The summed E-state index contributed by atoms with van der Waals surface area (Å²) in [4.78, 5) is 8.99. The van der Waals surface area contributed by atoms with E-state index in [2.05, 4.69) is 23.0 Å². The molecule has 4 heteroatoms. The van der Waals surface area contributed by atoms with Crippen molar-refractivity contribution in [2.75, 3.05) is 7.05 Å². The largest absolute Gasteiger partial charge is 0.506 e. The van der Waals surface area contributed by atoms with Gasteiger partial charge in [0.2, 0.25) is 0 Å². The number of phenolic OH excluding ortho intramolecular Hbond substituents is 1. The highest BCUT2D eigenvalue weighted by Gasteiger charge is 2.09. The number of benzene rings is 1. The van der Waals surface area contributed by atoms with Gasteiger partial charge in [-0.15, -0.1) is 0 Å². The average molecular weight is 305 g/mol. The maximum absolute atomic E-state index is 10.1. The van der Waals surface area contributed by atoms with E-state index in [1.807, 2.05) is 53.2 Å². The number of pyridine rings is 2. The minimum Gasteiger partial charge on any atom is -0.506 e. The fourth-order valence-corrected chi connectivity index (χ4v) is 2.61. The van der Waals surface area contributed by atoms with E-state index in [-0.39, 0.29) is 5.75 Å². The van der Waals surface area contributed by atoms with Gasteiger partial charge in [-0.2, -0.15) is 0 Å². The van der Waals surface area contributed by atoms with Gasteiger partial charge in [0.25, 0.3) is 0 Å². The first-order chi connectivity index (χ1) is 11.2. The Hall–Kier alpha value is -2.88. The molecular formula is C19H19N3O. The average Bonchev–Trinajstić information content (AvgIpc) is 2.60. The van der Waals surface area contributed by atoms with Crippen LogP contribution in [-0.2, 0) is 0 Å². The van der Waals surface area contributed by atoms with Gasteiger partial charge in [-0.3, -0.25) is 4.99 Å². The van der Waals surface area contributed by atoms with Gasteiger partial charge in [-0.25, -0.2) is 4.98 Å². The van der Waals surface area contributed by atoms with Crippen molar-refractivity contribution < 1.29 is 5.11 Å². The number of fused-ring (bicyclic) bond motifs is 1. The Morgan fingerprint density at radius 3 is 2.83 bits per heavy atom. The zero-order valence-electron chi connectivity index (χ0n) is 13.3. The molecule has 0 bridgehead atoms. The second-order valence-electron chi connectivity index (χ2n) is 5.20. The van der Waals surface area contributed by atoms with Crippen LogP contribution in [0.25, 0.3) is 16.6 Å². The van der Waals surface area contributed by atoms with Gasteiger partial charge >= 0.3 is 0 Å². The van der Waals surface area contributed by atoms with E-state index >= 15 is 0 Å². The van der Waals surface area contributed by atoms with Gasteiger partial charge in [0, 0.05) is 18.6 Å². The third kappa shape index (κ3) is 2.88. The lowest BCUT2D eigenvalue weighted by molar-refractivity contribution is 0.480. The molecule has 2 heterocycles. The fraction of sp³-hybridized carbons (Fsp3) is 0.158. The smallest absolute Gasteiger partial charge is 0.141 e. The number of hydrogen-bond donors (Lipinski definition) is 1. The summed E-state index contributed by atoms with van der Waals surface area (Å²) >= 11 is 0. The van der Waals surface area contributed by atoms with E-state index in [0.717, 1.165) is 28.7 Å². The Morgan fingerprint density at radius 1 is 1.17 bits per heavy atom. The summed E-state index contributed by atoms with van der Waals surface area (Å²) in [7, 11) is 1.77. The predicted molar refractivity (Wildman–Crippen MR) is 93.0 cm³/mol. The Bertz CT molecular complexity index is 938. The first kappa shape index (κ1) is 15.0. The van der Waals surface area contributed by atoms with E-state index in [1.165, 1.54) is 0 Å². The van der Waals surface area contributed by atoms with Gasteiger partial charge in [0.1, 0.15) is 16.8 Å². The minimum atomic E-state index is 0.193. The summed E-state index contributed by atoms with van der Waals surface area (Å²) in [5.41, 5.74) is 3.23. The van der Waals surface area contributed by atoms with Crippen LogP contribution >= 0.6 is 0 Å². The Kier molecular flexibility index (Phi) is 4.24. The first-order valence-corrected chi connectivity index (χ1v) is 7.64. The second-order valence-corrected chi connectivity index (χ2v) is 5.20. The molecule has 0 aliphatic heterocycles. The van der Waals surface area contributed by atoms with Crippen molar-refractivity contribution in [1.82, 2.24) is 9.55 Å². The van der Waals surface area contributed by atoms with Crippen molar-refractivity contribution in [3.8, 4) is 5.75 Å². The summed E-state index contributed by atoms with van der Waals surface area (Å²) in [6, 6.07) is 15.3. The maximum Gasteiger partial charge on any atom is 0.141 e. The van der Waals surface area contributed by atoms with Crippen molar-refractivity contribution in [3.05, 3.63) is 72.0 Å². The molecule has 0 radical (unpaired) electrons. The zero-order chi connectivity index (χ0) is 16.2. The molecule has 0 atom stereocenters. The summed E-state index contributed by atoms with van der Waals surface area (Å²) in [5, 5.41) is 11.0. The van der Waals surface area contributed by atoms with Crippen LogP contribution in [0.4, 0.5) is 0 Å². The van der Waals surface area contributed by atoms with Crippen LogP contribution in [0.15, 0.2) is 65.8 Å². The molecule has 1 aromatic carbocycles. The van der Waals surface area contributed by atoms with Crippen molar-refractivity contribution in [3.63, 3.8) is 0 Å². The molecule has 0 unspecified atom stereocenters. The molecule has 4 nitrogen and oxygen atoms in total. The lowest BCUT2D eigenvalue weighted by Gasteiger charge is -2.13. The monoisotopic (exact) mass is 305 g/mol. The van der Waals surface area contributed by atoms with Crippen LogP contribution in [0.3, 0.4) is 0 Å². The number of para-hydroxylation sites is 1. The number of rotatable bonds is 3. The number of nitrogens with zero attached hydrogens (tertiary/aromatic N) is 3. The molecule has 0 saturated heterocycles. The number of allylic oxidation sites excluding steroid dienone is 1. The van der Waals surface area contributed by atoms with Crippen LogP contribution < -0.4 is 5.49 Å². The summed E-state index contributed by atoms with van der Waals surface area (Å²) < 4.78 is 2.01. The van der Waals surface area contributed by atoms with E-state index in [9.17, 15) is 5.11 Å². The van der Waals surface area contributed by atoms with Gasteiger partial charge in [0.15, 0.2) is 0 Å². The molecule has 0 amide bonds. The predicted octanol–water partition coefficient (Wildman–Crippen LogP) is 3.57. The molecule has 0 saturated carbocycles. The topological polar surface area (TPSA) is 50.4 Å². The normalized spacial score (nSPS) is 12.8. The molecule has 3 aromatic rings. The van der Waals surface area contributed by atoms with Crippen LogP contribution in [0.1, 0.15) is 19.0 Å². The van der Waals surface area contributed by atoms with Gasteiger partial charge in [-0.1, -0.05) is 37.3 Å². The van der Waals surface area contributed by atoms with Gasteiger partial charge in [-0.05, 0) is 30.7 Å². The third-order valence-corrected chi connectivity index (χ3v) is 3.69. The van der Waals surface area contributed by atoms with Crippen molar-refractivity contribution in [1.29, 1.82) is 0 Å². The first-order valence-electron chi connectivity index (χ1n) is 7.64. The van der Waals surface area contributed by atoms with Crippen LogP contribution in [0.2, 0.25) is 0 Å². The fourth-order valence-electron chi connectivity index (χ4n) is 2.61. The molecule has 0 fully saturated rings. The standard InChI is InChI=1S/C19H19N3O/c1-3-7-16(22-13-5-4-10-18(22)20-2)15-12-11-14-8-6-9-17(23)19(14)21-15/h4-13,23H,3H2,1-2H3/b16-7+,20-18?. The van der Waals surface area contributed by atoms with Crippen molar-refractivity contribution in [2.45, 2.75) is 13.3 Å². The lowest BCUT2D eigenvalue weighted by atomic mass is 10.1. The molecule has 0 aliphatic carbocycles. The van der Waals surface area contributed by atoms with Crippen LogP contribution in [-0.4, -0.2) is 21.7 Å². The Morgan fingerprint density at radius 2 is 2.04 bits per heavy atom.